The Balaban J connectivity index is 2.05. The van der Waals surface area contributed by atoms with Gasteiger partial charge >= 0.3 is 15.6 Å². The molecule has 1 aromatic rings. The quantitative estimate of drug-likeness (QED) is 0.255. The molecule has 27 heavy (non-hydrogen) atoms. The van der Waals surface area contributed by atoms with Gasteiger partial charge in [0.05, 0.1) is 18.8 Å². The van der Waals surface area contributed by atoms with E-state index in [1.807, 2.05) is 30.3 Å². The molecule has 4 nitrogen and oxygen atoms in total. The molecule has 0 saturated carbocycles. The standard InChI is InChI=1S/C19H25F3O4S/c1-2-3-5-10-17-16(13-14-25-27(23,24)19(20,21)22)11-12-18(26-17)15-8-6-4-7-9-15/h4,6-9,13,17-18H,2-3,5,10-12,14H2,1H3/b16-13+. The average Bonchev–Trinajstić information content (AvgIpc) is 2.62. The molecule has 1 aliphatic heterocycles. The number of benzene rings is 1. The predicted molar refractivity (Wildman–Crippen MR) is 96.4 cm³/mol. The minimum absolute atomic E-state index is 0.0743. The molecule has 0 radical (unpaired) electrons. The molecule has 1 fully saturated rings. The molecule has 1 saturated heterocycles. The number of hydrogen-bond donors (Lipinski definition) is 0. The fourth-order valence-corrected chi connectivity index (χ4v) is 3.47. The highest BCUT2D eigenvalue weighted by Gasteiger charge is 2.47. The fraction of sp³-hybridized carbons (Fsp3) is 0.579. The van der Waals surface area contributed by atoms with Crippen LogP contribution in [0.3, 0.4) is 0 Å². The van der Waals surface area contributed by atoms with Crippen molar-refractivity contribution in [3.05, 3.63) is 47.5 Å². The summed E-state index contributed by atoms with van der Waals surface area (Å²) in [6.45, 7) is 1.45. The molecule has 0 aliphatic carbocycles. The Morgan fingerprint density at radius 3 is 2.56 bits per heavy atom. The van der Waals surface area contributed by atoms with Gasteiger partial charge in [-0.15, -0.1) is 0 Å². The van der Waals surface area contributed by atoms with Gasteiger partial charge in [0.1, 0.15) is 0 Å². The second-order valence-electron chi connectivity index (χ2n) is 6.52. The van der Waals surface area contributed by atoms with Crippen LogP contribution in [0, 0.1) is 0 Å². The second-order valence-corrected chi connectivity index (χ2v) is 8.13. The molecule has 2 atom stereocenters. The second kappa shape index (κ2) is 9.71. The summed E-state index contributed by atoms with van der Waals surface area (Å²) in [6, 6.07) is 9.77. The molecule has 0 bridgehead atoms. The average molecular weight is 406 g/mol. The first-order chi connectivity index (χ1) is 12.7. The third-order valence-electron chi connectivity index (χ3n) is 4.53. The van der Waals surface area contributed by atoms with Crippen molar-refractivity contribution in [2.24, 2.45) is 0 Å². The van der Waals surface area contributed by atoms with Crippen molar-refractivity contribution in [1.82, 2.24) is 0 Å². The molecule has 1 aromatic carbocycles. The van der Waals surface area contributed by atoms with E-state index in [4.69, 9.17) is 4.74 Å². The van der Waals surface area contributed by atoms with Crippen LogP contribution in [-0.2, 0) is 19.0 Å². The molecular weight excluding hydrogens is 381 g/mol. The highest BCUT2D eigenvalue weighted by Crippen LogP contribution is 2.36. The largest absolute Gasteiger partial charge is 0.523 e. The van der Waals surface area contributed by atoms with E-state index in [-0.39, 0.29) is 12.2 Å². The van der Waals surface area contributed by atoms with E-state index < -0.39 is 22.2 Å². The molecule has 1 aliphatic rings. The first-order valence-corrected chi connectivity index (χ1v) is 10.5. The zero-order chi connectivity index (χ0) is 19.9. The van der Waals surface area contributed by atoms with E-state index in [0.717, 1.165) is 36.8 Å². The number of unbranched alkanes of at least 4 members (excludes halogenated alkanes) is 2. The maximum atomic E-state index is 12.4. The van der Waals surface area contributed by atoms with Crippen molar-refractivity contribution < 1.29 is 30.5 Å². The van der Waals surface area contributed by atoms with E-state index in [1.165, 1.54) is 6.08 Å². The highest BCUT2D eigenvalue weighted by atomic mass is 32.2. The Bertz CT molecular complexity index is 714. The molecule has 2 rings (SSSR count). The van der Waals surface area contributed by atoms with Crippen molar-refractivity contribution in [2.45, 2.75) is 63.2 Å². The molecule has 152 valence electrons. The summed E-state index contributed by atoms with van der Waals surface area (Å²) in [5, 5.41) is 0. The van der Waals surface area contributed by atoms with Crippen LogP contribution in [0.4, 0.5) is 13.2 Å². The van der Waals surface area contributed by atoms with Gasteiger partial charge in [0.2, 0.25) is 0 Å². The normalized spacial score (nSPS) is 22.9. The predicted octanol–water partition coefficient (Wildman–Crippen LogP) is 5.28. The summed E-state index contributed by atoms with van der Waals surface area (Å²) in [4.78, 5) is 0. The van der Waals surface area contributed by atoms with Gasteiger partial charge in [0.25, 0.3) is 0 Å². The molecule has 0 aromatic heterocycles. The van der Waals surface area contributed by atoms with E-state index in [2.05, 4.69) is 11.1 Å². The minimum Gasteiger partial charge on any atom is -0.366 e. The summed E-state index contributed by atoms with van der Waals surface area (Å²) in [5.74, 6) is 0. The van der Waals surface area contributed by atoms with Crippen molar-refractivity contribution in [3.8, 4) is 0 Å². The Morgan fingerprint density at radius 2 is 1.93 bits per heavy atom. The monoisotopic (exact) mass is 406 g/mol. The van der Waals surface area contributed by atoms with Gasteiger partial charge in [-0.3, -0.25) is 4.18 Å². The number of hydrogen-bond acceptors (Lipinski definition) is 4. The summed E-state index contributed by atoms with van der Waals surface area (Å²) in [5.41, 5.74) is -3.54. The number of alkyl halides is 3. The zero-order valence-corrected chi connectivity index (χ0v) is 16.1. The Morgan fingerprint density at radius 1 is 1.22 bits per heavy atom. The van der Waals surface area contributed by atoms with Crippen LogP contribution < -0.4 is 0 Å². The van der Waals surface area contributed by atoms with Crippen LogP contribution in [0.1, 0.15) is 57.1 Å². The lowest BCUT2D eigenvalue weighted by Gasteiger charge is -2.33. The Labute approximate surface area is 158 Å². The van der Waals surface area contributed by atoms with Crippen molar-refractivity contribution >= 4 is 10.1 Å². The summed E-state index contributed by atoms with van der Waals surface area (Å²) in [6.07, 6.45) is 6.17. The van der Waals surface area contributed by atoms with Gasteiger partial charge in [-0.1, -0.05) is 62.6 Å². The van der Waals surface area contributed by atoms with Crippen molar-refractivity contribution in [3.63, 3.8) is 0 Å². The maximum Gasteiger partial charge on any atom is 0.523 e. The number of halogens is 3. The van der Waals surface area contributed by atoms with Gasteiger partial charge in [-0.2, -0.15) is 21.6 Å². The number of rotatable bonds is 8. The fourth-order valence-electron chi connectivity index (χ4n) is 3.09. The van der Waals surface area contributed by atoms with Gasteiger partial charge in [0.15, 0.2) is 0 Å². The van der Waals surface area contributed by atoms with Crippen LogP contribution >= 0.6 is 0 Å². The summed E-state index contributed by atoms with van der Waals surface area (Å²) < 4.78 is 69.4. The lowest BCUT2D eigenvalue weighted by molar-refractivity contribution is -0.0536. The van der Waals surface area contributed by atoms with Gasteiger partial charge in [-0.05, 0) is 30.4 Å². The molecule has 2 unspecified atom stereocenters. The lowest BCUT2D eigenvalue weighted by atomic mass is 9.91. The van der Waals surface area contributed by atoms with Crippen molar-refractivity contribution in [2.75, 3.05) is 6.61 Å². The van der Waals surface area contributed by atoms with Crippen LogP contribution in [0.25, 0.3) is 0 Å². The zero-order valence-electron chi connectivity index (χ0n) is 15.2. The van der Waals surface area contributed by atoms with Crippen molar-refractivity contribution in [1.29, 1.82) is 0 Å². The Hall–Kier alpha value is -1.38. The summed E-state index contributed by atoms with van der Waals surface area (Å²) >= 11 is 0. The maximum absolute atomic E-state index is 12.4. The molecular formula is C19H25F3O4S. The third-order valence-corrected chi connectivity index (χ3v) is 5.54. The van der Waals surface area contributed by atoms with Gasteiger partial charge in [0, 0.05) is 0 Å². The van der Waals surface area contributed by atoms with E-state index in [9.17, 15) is 21.6 Å². The smallest absolute Gasteiger partial charge is 0.366 e. The molecule has 0 N–H and O–H groups in total. The van der Waals surface area contributed by atoms with Crippen LogP contribution in [0.2, 0.25) is 0 Å². The van der Waals surface area contributed by atoms with E-state index in [0.29, 0.717) is 12.8 Å². The molecule has 0 spiro atoms. The first-order valence-electron chi connectivity index (χ1n) is 9.09. The van der Waals surface area contributed by atoms with Gasteiger partial charge in [-0.25, -0.2) is 0 Å². The minimum atomic E-state index is -5.58. The molecule has 0 amide bonds. The van der Waals surface area contributed by atoms with Crippen LogP contribution in [0.15, 0.2) is 42.0 Å². The van der Waals surface area contributed by atoms with Crippen LogP contribution in [-0.4, -0.2) is 26.6 Å². The van der Waals surface area contributed by atoms with E-state index >= 15 is 0 Å². The molecule has 8 heteroatoms. The van der Waals surface area contributed by atoms with E-state index in [1.54, 1.807) is 0 Å². The highest BCUT2D eigenvalue weighted by molar-refractivity contribution is 7.87. The third kappa shape index (κ3) is 6.33. The first kappa shape index (κ1) is 21.9. The number of ether oxygens (including phenoxy) is 1. The van der Waals surface area contributed by atoms with Crippen LogP contribution in [0.5, 0.6) is 0 Å². The topological polar surface area (TPSA) is 52.6 Å². The Kier molecular flexibility index (Phi) is 7.88. The lowest BCUT2D eigenvalue weighted by Crippen LogP contribution is -2.27. The summed E-state index contributed by atoms with van der Waals surface area (Å²) in [7, 11) is -5.58. The molecule has 1 heterocycles. The SMILES string of the molecule is CCCCCC1OC(c2ccccc2)CC/C1=C\COS(=O)(=O)C(F)(F)F. The van der Waals surface area contributed by atoms with Gasteiger partial charge < -0.3 is 4.74 Å².